The van der Waals surface area contributed by atoms with Gasteiger partial charge in [-0.3, -0.25) is 9.59 Å². The molecule has 350 valence electrons. The van der Waals surface area contributed by atoms with Gasteiger partial charge in [0.15, 0.2) is 11.5 Å². The molecule has 0 radical (unpaired) electrons. The molecular weight excluding hydrogens is 815 g/mol. The Bertz CT molecular complexity index is 2230. The molecule has 4 aliphatic rings. The number of H-pyrrole nitrogens is 1. The van der Waals surface area contributed by atoms with Crippen LogP contribution in [0.1, 0.15) is 144 Å². The highest BCUT2D eigenvalue weighted by molar-refractivity contribution is 6.00. The summed E-state index contributed by atoms with van der Waals surface area (Å²) in [6, 6.07) is 15.7. The van der Waals surface area contributed by atoms with Crippen LogP contribution in [0.5, 0.6) is 11.5 Å². The molecule has 1 aromatic heterocycles. The standard InChI is InChI=1S/C55H73N3O7/c1-5-11-46(50(62)30-43-26-40(33-58-43)34(2)14-19-49(61)35(3)59)39-25-42(55(21-9-10-22-55)41-20-23-57-54(56)29-41)24-37-16-18-45(36-12-7-6-8-13-36)47-32-52(64)53(65-4)28-38(47)15-17-44(60)31-51(63)48(37)27-39/h6-8,12-13,20,26,28-29,32-35,37,39,42,45-46,48-50,57-59,61-62,64H,5,9-11,14-15,17,19,21-25,27,30-31,56H2,1-4H3. The normalized spacial score (nSPS) is 25.9. The van der Waals surface area contributed by atoms with E-state index >= 15 is 0 Å². The van der Waals surface area contributed by atoms with E-state index in [4.69, 9.17) is 10.5 Å². The third-order valence-electron chi connectivity index (χ3n) is 15.7. The minimum absolute atomic E-state index is 0.00908. The molecule has 2 heterocycles. The number of aromatic nitrogens is 1. The van der Waals surface area contributed by atoms with Gasteiger partial charge in [-0.15, -0.1) is 0 Å². The number of nitrogens with two attached hydrogens (primary N) is 1. The van der Waals surface area contributed by atoms with E-state index in [0.717, 1.165) is 79.3 Å². The molecule has 10 heteroatoms. The molecular formula is C55H73N3O7. The first kappa shape index (κ1) is 48.1. The van der Waals surface area contributed by atoms with Crippen molar-refractivity contribution in [1.29, 1.82) is 0 Å². The predicted molar refractivity (Wildman–Crippen MR) is 255 cm³/mol. The van der Waals surface area contributed by atoms with E-state index in [9.17, 15) is 30.0 Å². The number of benzene rings is 2. The maximum atomic E-state index is 14.9. The highest BCUT2D eigenvalue weighted by Crippen LogP contribution is 2.57. The average molecular weight is 888 g/mol. The van der Waals surface area contributed by atoms with Gasteiger partial charge in [-0.1, -0.05) is 81.4 Å². The van der Waals surface area contributed by atoms with E-state index < -0.39 is 30.1 Å². The van der Waals surface area contributed by atoms with Crippen molar-refractivity contribution in [3.05, 3.63) is 106 Å². The van der Waals surface area contributed by atoms with E-state index in [1.165, 1.54) is 12.7 Å². The Morgan fingerprint density at radius 1 is 0.938 bits per heavy atom. The summed E-state index contributed by atoms with van der Waals surface area (Å²) in [6.07, 6.45) is 14.2. The minimum Gasteiger partial charge on any atom is -0.504 e. The third kappa shape index (κ3) is 11.2. The topological polar surface area (TPSA) is 178 Å². The van der Waals surface area contributed by atoms with Gasteiger partial charge in [0.05, 0.1) is 43.6 Å². The summed E-state index contributed by atoms with van der Waals surface area (Å²) >= 11 is 0. The number of rotatable bonds is 15. The smallest absolute Gasteiger partial charge is 0.160 e. The van der Waals surface area contributed by atoms with E-state index in [-0.39, 0.29) is 65.2 Å². The summed E-state index contributed by atoms with van der Waals surface area (Å²) in [5.74, 6) is 7.28. The molecule has 2 fully saturated rings. The number of carbonyl (C=O) groups is 2. The number of aliphatic hydroxyl groups excluding tert-OH is 3. The van der Waals surface area contributed by atoms with Crippen molar-refractivity contribution >= 4 is 11.6 Å². The van der Waals surface area contributed by atoms with Crippen LogP contribution < -0.4 is 15.8 Å². The SMILES string of the molecule is CCCC(C(O)Cc1cc(C(C)CCC(O)C(C)O)c[nH]1)C1CC2C(=O)CC(=O)CCc3cc(OC)c(O)cc3C(c3ccccc3)C#CC2CC(C2(C3=CCNC(N)=C3)CCCC2)C1. The molecule has 0 amide bonds. The summed E-state index contributed by atoms with van der Waals surface area (Å²) in [5, 5.41) is 47.0. The van der Waals surface area contributed by atoms with Crippen molar-refractivity contribution in [2.45, 2.75) is 147 Å². The van der Waals surface area contributed by atoms with Gasteiger partial charge >= 0.3 is 0 Å². The highest BCUT2D eigenvalue weighted by Gasteiger charge is 2.50. The zero-order chi connectivity index (χ0) is 46.3. The van der Waals surface area contributed by atoms with E-state index in [1.807, 2.05) is 30.5 Å². The number of aromatic amines is 1. The van der Waals surface area contributed by atoms with Gasteiger partial charge in [0.1, 0.15) is 11.6 Å². The minimum atomic E-state index is -0.777. The van der Waals surface area contributed by atoms with Gasteiger partial charge in [0, 0.05) is 43.1 Å². The number of carbonyl (C=O) groups excluding carboxylic acids is 2. The number of methoxy groups -OCH3 is 1. The van der Waals surface area contributed by atoms with Crippen molar-refractivity contribution in [3.63, 3.8) is 0 Å². The Balaban J connectivity index is 1.30. The Hall–Kier alpha value is -4.82. The van der Waals surface area contributed by atoms with Crippen molar-refractivity contribution in [1.82, 2.24) is 10.3 Å². The number of aliphatic hydroxyl groups is 3. The Kier molecular flexibility index (Phi) is 16.0. The van der Waals surface area contributed by atoms with Gasteiger partial charge in [-0.25, -0.2) is 0 Å². The number of dihydropyridines is 1. The molecule has 10 nitrogen and oxygen atoms in total. The van der Waals surface area contributed by atoms with Gasteiger partial charge in [-0.2, -0.15) is 0 Å². The van der Waals surface area contributed by atoms with Crippen LogP contribution in [0.15, 0.2) is 78.3 Å². The summed E-state index contributed by atoms with van der Waals surface area (Å²) in [7, 11) is 1.52. The van der Waals surface area contributed by atoms with Crippen LogP contribution in [0.2, 0.25) is 0 Å². The van der Waals surface area contributed by atoms with Crippen molar-refractivity contribution in [3.8, 4) is 23.3 Å². The van der Waals surface area contributed by atoms with Gasteiger partial charge in [0.25, 0.3) is 0 Å². The van der Waals surface area contributed by atoms with Crippen LogP contribution in [-0.4, -0.2) is 68.9 Å². The average Bonchev–Trinajstić information content (AvgIpc) is 3.95. The quantitative estimate of drug-likeness (QED) is 0.0582. The second-order valence-corrected chi connectivity index (χ2v) is 19.9. The van der Waals surface area contributed by atoms with Crippen LogP contribution in [0.4, 0.5) is 0 Å². The lowest BCUT2D eigenvalue weighted by atomic mass is 9.62. The number of hydrogen-bond acceptors (Lipinski definition) is 9. The number of ketones is 2. The molecule has 0 spiro atoms. The van der Waals surface area contributed by atoms with Crippen LogP contribution in [0, 0.1) is 46.8 Å². The largest absolute Gasteiger partial charge is 0.504 e. The molecule has 1 aliphatic heterocycles. The Morgan fingerprint density at radius 3 is 2.42 bits per heavy atom. The molecule has 3 aromatic rings. The zero-order valence-electron chi connectivity index (χ0n) is 39.0. The maximum Gasteiger partial charge on any atom is 0.160 e. The molecule has 8 N–H and O–H groups in total. The number of Topliss-reactive ketones (excluding diaryl/α,β-unsaturated/α-hetero) is 2. The number of aromatic hydroxyl groups is 1. The predicted octanol–water partition coefficient (Wildman–Crippen LogP) is 8.52. The third-order valence-corrected chi connectivity index (χ3v) is 15.7. The molecule has 10 atom stereocenters. The van der Waals surface area contributed by atoms with E-state index in [1.54, 1.807) is 13.0 Å². The maximum absolute atomic E-state index is 14.9. The molecule has 2 saturated carbocycles. The van der Waals surface area contributed by atoms with Gasteiger partial charge in [-0.05, 0) is 146 Å². The fourth-order valence-corrected chi connectivity index (χ4v) is 12.0. The van der Waals surface area contributed by atoms with Crippen LogP contribution >= 0.6 is 0 Å². The molecule has 0 bridgehead atoms. The zero-order valence-corrected chi connectivity index (χ0v) is 39.0. The number of aryl methyl sites for hydroxylation is 1. The number of ether oxygens (including phenoxy) is 1. The molecule has 2 aromatic carbocycles. The number of phenols is 1. The number of allylic oxidation sites excluding steroid dienone is 2. The van der Waals surface area contributed by atoms with Gasteiger partial charge < -0.3 is 41.2 Å². The molecule has 7 rings (SSSR count). The number of nitrogens with one attached hydrogen (secondary N) is 2. The lowest BCUT2D eigenvalue weighted by Crippen LogP contribution is -2.37. The molecule has 3 aliphatic carbocycles. The Morgan fingerprint density at radius 2 is 1.71 bits per heavy atom. The molecule has 10 unspecified atom stereocenters. The summed E-state index contributed by atoms with van der Waals surface area (Å²) in [4.78, 5) is 32.3. The number of hydrogen-bond donors (Lipinski definition) is 7. The van der Waals surface area contributed by atoms with Crippen LogP contribution in [0.25, 0.3) is 0 Å². The van der Waals surface area contributed by atoms with Crippen LogP contribution in [0.3, 0.4) is 0 Å². The lowest BCUT2D eigenvalue weighted by molar-refractivity contribution is -0.130. The fourth-order valence-electron chi connectivity index (χ4n) is 12.0. The highest BCUT2D eigenvalue weighted by atomic mass is 16.5. The first-order valence-electron chi connectivity index (χ1n) is 24.4. The summed E-state index contributed by atoms with van der Waals surface area (Å²) in [5.41, 5.74) is 12.3. The van der Waals surface area contributed by atoms with E-state index in [0.29, 0.717) is 50.2 Å². The van der Waals surface area contributed by atoms with Crippen molar-refractivity contribution in [2.24, 2.45) is 40.7 Å². The second-order valence-electron chi connectivity index (χ2n) is 19.9. The second kappa shape index (κ2) is 21.7. The summed E-state index contributed by atoms with van der Waals surface area (Å²) in [6.45, 7) is 6.55. The van der Waals surface area contributed by atoms with E-state index in [2.05, 4.69) is 66.3 Å². The number of phenolic OH excluding ortho intramolecular Hbond substituents is 1. The van der Waals surface area contributed by atoms with Crippen LogP contribution in [-0.2, 0) is 22.4 Å². The number of fused-ring (bicyclic) bond motifs is 2. The monoisotopic (exact) mass is 888 g/mol. The van der Waals surface area contributed by atoms with Crippen molar-refractivity contribution < 1.29 is 34.8 Å². The first-order chi connectivity index (χ1) is 31.3. The summed E-state index contributed by atoms with van der Waals surface area (Å²) < 4.78 is 5.53. The van der Waals surface area contributed by atoms with Gasteiger partial charge in [0.2, 0.25) is 0 Å². The lowest BCUT2D eigenvalue weighted by Gasteiger charge is -2.43. The fraction of sp³-hybridized carbons (Fsp3) is 0.564. The Labute approximate surface area is 386 Å². The molecule has 65 heavy (non-hydrogen) atoms. The first-order valence-corrected chi connectivity index (χ1v) is 24.4. The van der Waals surface area contributed by atoms with Crippen molar-refractivity contribution in [2.75, 3.05) is 13.7 Å². The molecule has 0 saturated heterocycles.